The normalized spacial score (nSPS) is 23.6. The lowest BCUT2D eigenvalue weighted by Crippen LogP contribution is -2.47. The van der Waals surface area contributed by atoms with Crippen molar-refractivity contribution in [3.8, 4) is 11.5 Å². The molecule has 2 aliphatic heterocycles. The number of likely N-dealkylation sites (tertiary alicyclic amines) is 1. The Hall–Kier alpha value is -2.53. The number of carbonyl (C=O) groups is 1. The van der Waals surface area contributed by atoms with E-state index in [4.69, 9.17) is 15.2 Å². The summed E-state index contributed by atoms with van der Waals surface area (Å²) < 4.78 is 11.9. The van der Waals surface area contributed by atoms with Crippen LogP contribution in [0.3, 0.4) is 0 Å². The van der Waals surface area contributed by atoms with Crippen LogP contribution < -0.4 is 15.2 Å². The molecule has 142 valence electrons. The fourth-order valence-electron chi connectivity index (χ4n) is 4.30. The van der Waals surface area contributed by atoms with Gasteiger partial charge in [0, 0.05) is 13.1 Å². The van der Waals surface area contributed by atoms with E-state index in [0.29, 0.717) is 6.61 Å². The number of fused-ring (bicyclic) bond motifs is 1. The molecule has 1 saturated heterocycles. The summed E-state index contributed by atoms with van der Waals surface area (Å²) in [6.45, 7) is 3.21. The molecule has 1 amide bonds. The zero-order chi connectivity index (χ0) is 18.6. The number of nitrogens with zero attached hydrogens (tertiary/aromatic N) is 1. The van der Waals surface area contributed by atoms with E-state index >= 15 is 0 Å². The Morgan fingerprint density at radius 2 is 1.85 bits per heavy atom. The van der Waals surface area contributed by atoms with Gasteiger partial charge in [-0.1, -0.05) is 42.5 Å². The minimum absolute atomic E-state index is 0.00223. The quantitative estimate of drug-likeness (QED) is 0.884. The fourth-order valence-corrected chi connectivity index (χ4v) is 4.30. The van der Waals surface area contributed by atoms with E-state index in [2.05, 4.69) is 4.90 Å². The Morgan fingerprint density at radius 3 is 2.63 bits per heavy atom. The minimum atomic E-state index is -0.238. The first kappa shape index (κ1) is 17.9. The Balaban J connectivity index is 1.41. The van der Waals surface area contributed by atoms with Crippen molar-refractivity contribution >= 4 is 5.91 Å². The van der Waals surface area contributed by atoms with Gasteiger partial charge < -0.3 is 15.2 Å². The number of para-hydroxylation sites is 2. The van der Waals surface area contributed by atoms with Gasteiger partial charge in [0.1, 0.15) is 12.7 Å². The van der Waals surface area contributed by atoms with Crippen LogP contribution in [-0.2, 0) is 4.79 Å². The molecule has 2 aliphatic rings. The van der Waals surface area contributed by atoms with Gasteiger partial charge in [0.15, 0.2) is 11.5 Å². The first-order chi connectivity index (χ1) is 13.2. The highest BCUT2D eigenvalue weighted by atomic mass is 16.6. The van der Waals surface area contributed by atoms with Crippen molar-refractivity contribution < 1.29 is 14.3 Å². The average Bonchev–Trinajstić information content (AvgIpc) is 2.69. The molecular formula is C22H26N2O3. The van der Waals surface area contributed by atoms with Crippen molar-refractivity contribution in [1.29, 1.82) is 0 Å². The van der Waals surface area contributed by atoms with Crippen LogP contribution in [0, 0.1) is 5.92 Å². The van der Waals surface area contributed by atoms with Crippen molar-refractivity contribution in [3.05, 3.63) is 60.2 Å². The zero-order valence-corrected chi connectivity index (χ0v) is 15.4. The molecule has 2 N–H and O–H groups in total. The van der Waals surface area contributed by atoms with Gasteiger partial charge >= 0.3 is 0 Å². The van der Waals surface area contributed by atoms with Crippen LogP contribution in [0.1, 0.15) is 24.3 Å². The van der Waals surface area contributed by atoms with E-state index in [1.807, 2.05) is 54.6 Å². The summed E-state index contributed by atoms with van der Waals surface area (Å²) in [6, 6.07) is 17.7. The molecule has 0 spiro atoms. The number of amides is 1. The van der Waals surface area contributed by atoms with E-state index in [1.54, 1.807) is 0 Å². The van der Waals surface area contributed by atoms with Gasteiger partial charge in [-0.05, 0) is 43.0 Å². The van der Waals surface area contributed by atoms with Gasteiger partial charge in [-0.15, -0.1) is 0 Å². The maximum absolute atomic E-state index is 12.2. The molecule has 2 heterocycles. The van der Waals surface area contributed by atoms with Crippen molar-refractivity contribution in [2.75, 3.05) is 26.2 Å². The highest BCUT2D eigenvalue weighted by Gasteiger charge is 2.33. The number of rotatable bonds is 5. The van der Waals surface area contributed by atoms with Crippen LogP contribution in [0.5, 0.6) is 11.5 Å². The van der Waals surface area contributed by atoms with Crippen molar-refractivity contribution in [3.63, 3.8) is 0 Å². The van der Waals surface area contributed by atoms with Crippen LogP contribution in [0.25, 0.3) is 0 Å². The molecule has 5 nitrogen and oxygen atoms in total. The van der Waals surface area contributed by atoms with Gasteiger partial charge in [-0.25, -0.2) is 0 Å². The van der Waals surface area contributed by atoms with Crippen LogP contribution in [0.15, 0.2) is 54.6 Å². The topological polar surface area (TPSA) is 64.8 Å². The van der Waals surface area contributed by atoms with Crippen molar-refractivity contribution in [2.45, 2.75) is 24.9 Å². The number of ether oxygens (including phenoxy) is 2. The molecular weight excluding hydrogens is 340 g/mol. The number of nitrogens with two attached hydrogens (primary N) is 1. The predicted molar refractivity (Wildman–Crippen MR) is 104 cm³/mol. The van der Waals surface area contributed by atoms with Crippen LogP contribution >= 0.6 is 0 Å². The number of hydrogen-bond donors (Lipinski definition) is 1. The molecule has 0 aromatic heterocycles. The monoisotopic (exact) mass is 366 g/mol. The number of primary amides is 1. The molecule has 2 aromatic rings. The second-order valence-electron chi connectivity index (χ2n) is 7.45. The predicted octanol–water partition coefficient (Wildman–Crippen LogP) is 2.81. The summed E-state index contributed by atoms with van der Waals surface area (Å²) in [7, 11) is 0. The second kappa shape index (κ2) is 8.01. The lowest BCUT2D eigenvalue weighted by Gasteiger charge is -2.38. The highest BCUT2D eigenvalue weighted by Crippen LogP contribution is 2.34. The smallest absolute Gasteiger partial charge is 0.225 e. The molecule has 0 aliphatic carbocycles. The maximum atomic E-state index is 12.2. The zero-order valence-electron chi connectivity index (χ0n) is 15.4. The van der Waals surface area contributed by atoms with E-state index < -0.39 is 0 Å². The largest absolute Gasteiger partial charge is 0.486 e. The molecule has 5 heteroatoms. The van der Waals surface area contributed by atoms with Gasteiger partial charge in [0.05, 0.1) is 5.92 Å². The third-order valence-electron chi connectivity index (χ3n) is 5.51. The summed E-state index contributed by atoms with van der Waals surface area (Å²) in [5, 5.41) is 0. The standard InChI is InChI=1S/C22H26N2O3/c23-22(25)21(16-7-2-1-3-8-16)17-9-6-12-24(13-17)14-18-15-26-19-10-4-5-11-20(19)27-18/h1-5,7-8,10-11,17-18,21H,6,9,12-15H2,(H2,23,25)/t17-,18+,21?/m1/s1. The third kappa shape index (κ3) is 4.08. The number of benzene rings is 2. The van der Waals surface area contributed by atoms with E-state index in [9.17, 15) is 4.79 Å². The number of carbonyl (C=O) groups excluding carboxylic acids is 1. The van der Waals surface area contributed by atoms with Crippen molar-refractivity contribution in [2.24, 2.45) is 11.7 Å². The van der Waals surface area contributed by atoms with E-state index in [0.717, 1.165) is 49.5 Å². The summed E-state index contributed by atoms with van der Waals surface area (Å²) in [5.74, 6) is 1.37. The molecule has 2 aromatic carbocycles. The molecule has 4 rings (SSSR count). The Bertz CT molecular complexity index is 780. The number of piperidine rings is 1. The first-order valence-electron chi connectivity index (χ1n) is 9.66. The molecule has 0 bridgehead atoms. The summed E-state index contributed by atoms with van der Waals surface area (Å²) >= 11 is 0. The maximum Gasteiger partial charge on any atom is 0.225 e. The van der Waals surface area contributed by atoms with Gasteiger partial charge in [0.2, 0.25) is 5.91 Å². The average molecular weight is 366 g/mol. The molecule has 1 unspecified atom stereocenters. The molecule has 0 radical (unpaired) electrons. The van der Waals surface area contributed by atoms with Crippen LogP contribution in [0.2, 0.25) is 0 Å². The van der Waals surface area contributed by atoms with Gasteiger partial charge in [0.25, 0.3) is 0 Å². The van der Waals surface area contributed by atoms with E-state index in [1.165, 1.54) is 0 Å². The summed E-state index contributed by atoms with van der Waals surface area (Å²) in [5.41, 5.74) is 6.80. The summed E-state index contributed by atoms with van der Waals surface area (Å²) in [6.07, 6.45) is 2.08. The van der Waals surface area contributed by atoms with Gasteiger partial charge in [-0.3, -0.25) is 9.69 Å². The second-order valence-corrected chi connectivity index (χ2v) is 7.45. The fraction of sp³-hybridized carbons (Fsp3) is 0.409. The van der Waals surface area contributed by atoms with Crippen LogP contribution in [0.4, 0.5) is 0 Å². The summed E-state index contributed by atoms with van der Waals surface area (Å²) in [4.78, 5) is 14.6. The van der Waals surface area contributed by atoms with Crippen molar-refractivity contribution in [1.82, 2.24) is 4.90 Å². The molecule has 0 saturated carbocycles. The Labute approximate surface area is 160 Å². The highest BCUT2D eigenvalue weighted by molar-refractivity contribution is 5.82. The molecule has 1 fully saturated rings. The first-order valence-corrected chi connectivity index (χ1v) is 9.66. The minimum Gasteiger partial charge on any atom is -0.486 e. The lowest BCUT2D eigenvalue weighted by molar-refractivity contribution is -0.121. The van der Waals surface area contributed by atoms with E-state index in [-0.39, 0.29) is 23.8 Å². The Morgan fingerprint density at radius 1 is 1.11 bits per heavy atom. The molecule has 27 heavy (non-hydrogen) atoms. The van der Waals surface area contributed by atoms with Crippen LogP contribution in [-0.4, -0.2) is 43.2 Å². The SMILES string of the molecule is NC(=O)C(c1ccccc1)[C@@H]1CCCN(C[C@H]2COc3ccccc3O2)C1. The lowest BCUT2D eigenvalue weighted by atomic mass is 9.80. The Kier molecular flexibility index (Phi) is 5.30. The number of hydrogen-bond acceptors (Lipinski definition) is 4. The van der Waals surface area contributed by atoms with Gasteiger partial charge in [-0.2, -0.15) is 0 Å². The molecule has 3 atom stereocenters. The third-order valence-corrected chi connectivity index (χ3v) is 5.51.